The Labute approximate surface area is 121 Å². The molecular formula is C13H16N2O2S2. The quantitative estimate of drug-likeness (QED) is 0.660. The van der Waals surface area contributed by atoms with E-state index in [1.54, 1.807) is 11.3 Å². The van der Waals surface area contributed by atoms with Gasteiger partial charge in [0.25, 0.3) is 0 Å². The molecule has 19 heavy (non-hydrogen) atoms. The van der Waals surface area contributed by atoms with Gasteiger partial charge in [-0.25, -0.2) is 4.79 Å². The van der Waals surface area contributed by atoms with Crippen molar-refractivity contribution in [2.75, 3.05) is 7.11 Å². The van der Waals surface area contributed by atoms with Crippen molar-refractivity contribution in [3.63, 3.8) is 0 Å². The Morgan fingerprint density at radius 1 is 1.58 bits per heavy atom. The summed E-state index contributed by atoms with van der Waals surface area (Å²) in [5.41, 5.74) is 2.51. The number of carbonyl (C=O) groups is 1. The van der Waals surface area contributed by atoms with Crippen LogP contribution >= 0.6 is 23.6 Å². The monoisotopic (exact) mass is 296 g/mol. The van der Waals surface area contributed by atoms with Gasteiger partial charge in [0, 0.05) is 5.70 Å². The summed E-state index contributed by atoms with van der Waals surface area (Å²) in [5, 5.41) is 10.8. The van der Waals surface area contributed by atoms with Crippen molar-refractivity contribution in [2.45, 2.75) is 25.8 Å². The number of thiophene rings is 1. The van der Waals surface area contributed by atoms with E-state index in [9.17, 15) is 4.79 Å². The van der Waals surface area contributed by atoms with Gasteiger partial charge in [0.05, 0.1) is 18.7 Å². The van der Waals surface area contributed by atoms with Gasteiger partial charge in [-0.15, -0.1) is 0 Å². The average molecular weight is 296 g/mol. The first-order valence-electron chi connectivity index (χ1n) is 6.08. The first kappa shape index (κ1) is 14.0. The van der Waals surface area contributed by atoms with Crippen molar-refractivity contribution in [1.29, 1.82) is 0 Å². The zero-order chi connectivity index (χ0) is 13.8. The number of hydrogen-bond acceptors (Lipinski definition) is 4. The van der Waals surface area contributed by atoms with Crippen LogP contribution in [0, 0.1) is 0 Å². The number of allylic oxidation sites excluding steroid dienone is 1. The highest BCUT2D eigenvalue weighted by Crippen LogP contribution is 2.30. The largest absolute Gasteiger partial charge is 0.466 e. The van der Waals surface area contributed by atoms with Gasteiger partial charge in [-0.05, 0) is 41.0 Å². The molecule has 1 aromatic rings. The third-order valence-electron chi connectivity index (χ3n) is 2.94. The first-order chi connectivity index (χ1) is 9.17. The first-order valence-corrected chi connectivity index (χ1v) is 7.43. The van der Waals surface area contributed by atoms with E-state index in [-0.39, 0.29) is 12.0 Å². The van der Waals surface area contributed by atoms with Crippen molar-refractivity contribution in [3.05, 3.63) is 33.7 Å². The molecule has 2 rings (SSSR count). The molecule has 4 nitrogen and oxygen atoms in total. The fourth-order valence-corrected chi connectivity index (χ4v) is 3.03. The van der Waals surface area contributed by atoms with Crippen molar-refractivity contribution >= 4 is 34.6 Å². The van der Waals surface area contributed by atoms with E-state index in [0.717, 1.165) is 24.1 Å². The molecule has 1 aromatic heterocycles. The molecule has 0 saturated heterocycles. The van der Waals surface area contributed by atoms with Crippen LogP contribution in [0.5, 0.6) is 0 Å². The highest BCUT2D eigenvalue weighted by atomic mass is 32.1. The number of esters is 1. The van der Waals surface area contributed by atoms with Gasteiger partial charge >= 0.3 is 5.97 Å². The topological polar surface area (TPSA) is 50.4 Å². The lowest BCUT2D eigenvalue weighted by Gasteiger charge is -2.30. The number of methoxy groups -OCH3 is 1. The lowest BCUT2D eigenvalue weighted by Crippen LogP contribution is -2.45. The van der Waals surface area contributed by atoms with Crippen molar-refractivity contribution < 1.29 is 9.53 Å². The van der Waals surface area contributed by atoms with Crippen LogP contribution in [-0.2, 0) is 9.53 Å². The molecule has 6 heteroatoms. The molecule has 0 saturated carbocycles. The molecule has 0 bridgehead atoms. The highest BCUT2D eigenvalue weighted by molar-refractivity contribution is 7.80. The fourth-order valence-electron chi connectivity index (χ4n) is 2.11. The molecular weight excluding hydrogens is 280 g/mol. The molecule has 1 unspecified atom stereocenters. The second-order valence-electron chi connectivity index (χ2n) is 4.22. The van der Waals surface area contributed by atoms with Crippen LogP contribution in [0.4, 0.5) is 0 Å². The van der Waals surface area contributed by atoms with E-state index >= 15 is 0 Å². The molecule has 0 aliphatic carbocycles. The maximum atomic E-state index is 12.1. The number of ether oxygens (including phenoxy) is 1. The summed E-state index contributed by atoms with van der Waals surface area (Å²) < 4.78 is 4.91. The van der Waals surface area contributed by atoms with Crippen LogP contribution in [0.3, 0.4) is 0 Å². The van der Waals surface area contributed by atoms with Crippen LogP contribution < -0.4 is 10.6 Å². The fraction of sp³-hybridized carbons (Fsp3) is 0.385. The van der Waals surface area contributed by atoms with Gasteiger partial charge in [0.1, 0.15) is 0 Å². The zero-order valence-corrected chi connectivity index (χ0v) is 12.5. The molecule has 0 aromatic carbocycles. The lowest BCUT2D eigenvalue weighted by molar-refractivity contribution is -0.136. The van der Waals surface area contributed by atoms with Gasteiger partial charge in [-0.3, -0.25) is 0 Å². The van der Waals surface area contributed by atoms with Crippen molar-refractivity contribution in [2.24, 2.45) is 0 Å². The molecule has 0 radical (unpaired) electrons. The summed E-state index contributed by atoms with van der Waals surface area (Å²) in [5.74, 6) is -0.317. The summed E-state index contributed by atoms with van der Waals surface area (Å²) in [6.45, 7) is 2.06. The van der Waals surface area contributed by atoms with Crippen LogP contribution in [0.15, 0.2) is 28.1 Å². The normalized spacial score (nSPS) is 18.8. The molecule has 1 aliphatic rings. The van der Waals surface area contributed by atoms with E-state index < -0.39 is 0 Å². The van der Waals surface area contributed by atoms with Crippen molar-refractivity contribution in [1.82, 2.24) is 10.6 Å². The predicted molar refractivity (Wildman–Crippen MR) is 79.9 cm³/mol. The number of carbonyl (C=O) groups excluding carboxylic acids is 1. The smallest absolute Gasteiger partial charge is 0.337 e. The van der Waals surface area contributed by atoms with Crippen LogP contribution in [-0.4, -0.2) is 18.2 Å². The maximum absolute atomic E-state index is 12.1. The lowest BCUT2D eigenvalue weighted by atomic mass is 9.96. The predicted octanol–water partition coefficient (Wildman–Crippen LogP) is 2.49. The third kappa shape index (κ3) is 2.96. The molecule has 2 heterocycles. The Bertz CT molecular complexity index is 509. The molecule has 1 atom stereocenters. The Morgan fingerprint density at radius 2 is 2.37 bits per heavy atom. The highest BCUT2D eigenvalue weighted by Gasteiger charge is 2.31. The second kappa shape index (κ2) is 6.16. The number of hydrogen-bond donors (Lipinski definition) is 2. The zero-order valence-electron chi connectivity index (χ0n) is 10.9. The summed E-state index contributed by atoms with van der Waals surface area (Å²) in [6, 6.07) is 1.76. The van der Waals surface area contributed by atoms with Crippen molar-refractivity contribution in [3.8, 4) is 0 Å². The van der Waals surface area contributed by atoms with E-state index in [0.29, 0.717) is 10.7 Å². The van der Waals surface area contributed by atoms with E-state index in [2.05, 4.69) is 17.6 Å². The van der Waals surface area contributed by atoms with E-state index in [4.69, 9.17) is 17.0 Å². The van der Waals surface area contributed by atoms with Crippen LogP contribution in [0.1, 0.15) is 31.4 Å². The molecule has 2 N–H and O–H groups in total. The van der Waals surface area contributed by atoms with E-state index in [1.165, 1.54) is 7.11 Å². The molecule has 0 fully saturated rings. The minimum Gasteiger partial charge on any atom is -0.466 e. The SMILES string of the molecule is CCCC1=C(C(=O)OC)C(c2ccsc2)NC(=S)N1. The van der Waals surface area contributed by atoms with Gasteiger partial charge < -0.3 is 15.4 Å². The minimum atomic E-state index is -0.317. The maximum Gasteiger partial charge on any atom is 0.337 e. The molecule has 0 spiro atoms. The van der Waals surface area contributed by atoms with Gasteiger partial charge in [-0.1, -0.05) is 13.3 Å². The van der Waals surface area contributed by atoms with Gasteiger partial charge in [-0.2, -0.15) is 11.3 Å². The third-order valence-corrected chi connectivity index (χ3v) is 3.86. The number of rotatable bonds is 4. The number of thiocarbonyl (C=S) groups is 1. The Hall–Kier alpha value is -1.40. The summed E-state index contributed by atoms with van der Waals surface area (Å²) in [6.07, 6.45) is 1.70. The second-order valence-corrected chi connectivity index (χ2v) is 5.41. The van der Waals surface area contributed by atoms with Crippen LogP contribution in [0.2, 0.25) is 0 Å². The van der Waals surface area contributed by atoms with Gasteiger partial charge in [0.2, 0.25) is 0 Å². The summed E-state index contributed by atoms with van der Waals surface area (Å²) in [4.78, 5) is 12.1. The Kier molecular flexibility index (Phi) is 4.55. The number of nitrogens with one attached hydrogen (secondary N) is 2. The average Bonchev–Trinajstić information content (AvgIpc) is 2.91. The summed E-state index contributed by atoms with van der Waals surface area (Å²) >= 11 is 6.81. The van der Waals surface area contributed by atoms with Gasteiger partial charge in [0.15, 0.2) is 5.11 Å². The van der Waals surface area contributed by atoms with Crippen LogP contribution in [0.25, 0.3) is 0 Å². The Morgan fingerprint density at radius 3 is 2.95 bits per heavy atom. The standard InChI is InChI=1S/C13H16N2O2S2/c1-3-4-9-10(12(16)17-2)11(15-13(18)14-9)8-5-6-19-7-8/h5-7,11H,3-4H2,1-2H3,(H2,14,15,18). The molecule has 1 aliphatic heterocycles. The van der Waals surface area contributed by atoms with E-state index in [1.807, 2.05) is 16.8 Å². The molecule has 0 amide bonds. The summed E-state index contributed by atoms with van der Waals surface area (Å²) in [7, 11) is 1.40. The Balaban J connectivity index is 2.46. The molecule has 102 valence electrons. The minimum absolute atomic E-state index is 0.228.